The molecule has 2 aliphatic rings. The Morgan fingerprint density at radius 1 is 0.935 bits per heavy atom. The van der Waals surface area contributed by atoms with Gasteiger partial charge in [0.2, 0.25) is 5.71 Å². The van der Waals surface area contributed by atoms with Gasteiger partial charge in [0, 0.05) is 45.0 Å². The van der Waals surface area contributed by atoms with Crippen molar-refractivity contribution in [3.8, 4) is 0 Å². The Morgan fingerprint density at radius 2 is 1.65 bits per heavy atom. The molecule has 2 saturated heterocycles. The minimum atomic E-state index is -0.244. The Morgan fingerprint density at radius 3 is 2.35 bits per heavy atom. The predicted molar refractivity (Wildman–Crippen MR) is 117 cm³/mol. The lowest BCUT2D eigenvalue weighted by atomic mass is 10.1. The minimum absolute atomic E-state index is 0.0388. The van der Waals surface area contributed by atoms with Crippen molar-refractivity contribution >= 4 is 28.5 Å². The maximum Gasteiger partial charge on any atom is 0.258 e. The quantitative estimate of drug-likeness (QED) is 0.641. The molecule has 2 fully saturated rings. The van der Waals surface area contributed by atoms with E-state index in [-0.39, 0.29) is 11.7 Å². The average Bonchev–Trinajstić information content (AvgIpc) is 3.15. The second-order valence-electron chi connectivity index (χ2n) is 8.21. The Kier molecular flexibility index (Phi) is 5.21. The fourth-order valence-electron chi connectivity index (χ4n) is 4.61. The molecule has 2 aromatic heterocycles. The van der Waals surface area contributed by atoms with Gasteiger partial charge in [0.15, 0.2) is 0 Å². The molecule has 4 heterocycles. The second-order valence-corrected chi connectivity index (χ2v) is 8.21. The number of piperidine rings is 1. The molecule has 1 aromatic carbocycles. The van der Waals surface area contributed by atoms with Gasteiger partial charge >= 0.3 is 0 Å². The molecule has 0 N–H and O–H groups in total. The standard InChI is InChI=1S/C23H26FN5O2/c1-16-19(20-21(25-15-26-22(20)31-16)28-9-3-2-4-10-28)23(30)29-13-11-27(12-14-29)18-7-5-17(24)6-8-18/h5-8,15H,2-4,9-14H2,1H3. The molecule has 5 rings (SSSR count). The van der Waals surface area contributed by atoms with E-state index < -0.39 is 0 Å². The number of piperazine rings is 1. The zero-order valence-electron chi connectivity index (χ0n) is 17.7. The number of furan rings is 1. The summed E-state index contributed by atoms with van der Waals surface area (Å²) in [5, 5.41) is 0.730. The SMILES string of the molecule is Cc1oc2ncnc(N3CCCCC3)c2c1C(=O)N1CCN(c2ccc(F)cc2)CC1. The molecule has 0 unspecified atom stereocenters. The molecule has 3 aromatic rings. The first kappa shape index (κ1) is 19.8. The van der Waals surface area contributed by atoms with Gasteiger partial charge in [0.05, 0.1) is 10.9 Å². The summed E-state index contributed by atoms with van der Waals surface area (Å²) in [6.45, 7) is 6.26. The Balaban J connectivity index is 1.40. The van der Waals surface area contributed by atoms with E-state index in [9.17, 15) is 9.18 Å². The monoisotopic (exact) mass is 423 g/mol. The molecule has 162 valence electrons. The van der Waals surface area contributed by atoms with Crippen molar-refractivity contribution in [2.24, 2.45) is 0 Å². The predicted octanol–water partition coefficient (Wildman–Crippen LogP) is 3.62. The van der Waals surface area contributed by atoms with E-state index in [0.717, 1.165) is 42.8 Å². The number of rotatable bonds is 3. The Labute approximate surface area is 180 Å². The van der Waals surface area contributed by atoms with Crippen LogP contribution >= 0.6 is 0 Å². The Bertz CT molecular complexity index is 1080. The third-order valence-electron chi connectivity index (χ3n) is 6.27. The lowest BCUT2D eigenvalue weighted by Gasteiger charge is -2.36. The molecular weight excluding hydrogens is 397 g/mol. The van der Waals surface area contributed by atoms with Crippen LogP contribution in [0.5, 0.6) is 0 Å². The molecule has 0 radical (unpaired) electrons. The first-order valence-corrected chi connectivity index (χ1v) is 10.9. The van der Waals surface area contributed by atoms with Crippen LogP contribution < -0.4 is 9.80 Å². The fourth-order valence-corrected chi connectivity index (χ4v) is 4.61. The van der Waals surface area contributed by atoms with Crippen molar-refractivity contribution in [1.82, 2.24) is 14.9 Å². The van der Waals surface area contributed by atoms with Gasteiger partial charge in [-0.2, -0.15) is 0 Å². The molecule has 1 amide bonds. The van der Waals surface area contributed by atoms with Crippen molar-refractivity contribution in [2.45, 2.75) is 26.2 Å². The molecule has 0 atom stereocenters. The molecule has 0 spiro atoms. The van der Waals surface area contributed by atoms with E-state index in [1.54, 1.807) is 12.1 Å². The van der Waals surface area contributed by atoms with Crippen LogP contribution in [0.15, 0.2) is 35.0 Å². The second kappa shape index (κ2) is 8.17. The number of nitrogens with zero attached hydrogens (tertiary/aromatic N) is 5. The van der Waals surface area contributed by atoms with Gasteiger partial charge < -0.3 is 19.1 Å². The maximum absolute atomic E-state index is 13.5. The first-order chi connectivity index (χ1) is 15.1. The van der Waals surface area contributed by atoms with E-state index in [1.165, 1.54) is 24.9 Å². The normalized spacial score (nSPS) is 17.4. The van der Waals surface area contributed by atoms with Crippen LogP contribution in [0.1, 0.15) is 35.4 Å². The van der Waals surface area contributed by atoms with E-state index >= 15 is 0 Å². The highest BCUT2D eigenvalue weighted by molar-refractivity contribution is 6.10. The van der Waals surface area contributed by atoms with E-state index in [4.69, 9.17) is 4.42 Å². The van der Waals surface area contributed by atoms with Crippen molar-refractivity contribution in [2.75, 3.05) is 49.1 Å². The number of fused-ring (bicyclic) bond motifs is 1. The molecule has 0 saturated carbocycles. The van der Waals surface area contributed by atoms with Crippen molar-refractivity contribution < 1.29 is 13.6 Å². The number of anilines is 2. The number of amides is 1. The van der Waals surface area contributed by atoms with Crippen LogP contribution in [-0.2, 0) is 0 Å². The molecule has 7 nitrogen and oxygen atoms in total. The zero-order chi connectivity index (χ0) is 21.4. The van der Waals surface area contributed by atoms with Gasteiger partial charge in [-0.3, -0.25) is 4.79 Å². The van der Waals surface area contributed by atoms with Crippen LogP contribution in [0.3, 0.4) is 0 Å². The number of aryl methyl sites for hydroxylation is 1. The summed E-state index contributed by atoms with van der Waals surface area (Å²) < 4.78 is 19.1. The third-order valence-corrected chi connectivity index (χ3v) is 6.27. The average molecular weight is 423 g/mol. The number of carbonyl (C=O) groups excluding carboxylic acids is 1. The molecule has 0 bridgehead atoms. The smallest absolute Gasteiger partial charge is 0.258 e. The largest absolute Gasteiger partial charge is 0.442 e. The van der Waals surface area contributed by atoms with Crippen molar-refractivity contribution in [3.05, 3.63) is 47.7 Å². The number of aromatic nitrogens is 2. The lowest BCUT2D eigenvalue weighted by molar-refractivity contribution is 0.0746. The zero-order valence-corrected chi connectivity index (χ0v) is 17.7. The summed E-state index contributed by atoms with van der Waals surface area (Å²) in [5.74, 6) is 1.10. The first-order valence-electron chi connectivity index (χ1n) is 10.9. The Hall–Kier alpha value is -3.16. The van der Waals surface area contributed by atoms with E-state index in [1.807, 2.05) is 11.8 Å². The number of carbonyl (C=O) groups is 1. The van der Waals surface area contributed by atoms with E-state index in [0.29, 0.717) is 43.2 Å². The molecule has 0 aliphatic carbocycles. The van der Waals surface area contributed by atoms with Gasteiger partial charge in [0.1, 0.15) is 23.7 Å². The summed E-state index contributed by atoms with van der Waals surface area (Å²) in [6, 6.07) is 6.50. The van der Waals surface area contributed by atoms with Crippen molar-refractivity contribution in [1.29, 1.82) is 0 Å². The van der Waals surface area contributed by atoms with Gasteiger partial charge in [-0.1, -0.05) is 0 Å². The summed E-state index contributed by atoms with van der Waals surface area (Å²) in [7, 11) is 0. The van der Waals surface area contributed by atoms with Crippen LogP contribution in [-0.4, -0.2) is 60.0 Å². The van der Waals surface area contributed by atoms with Gasteiger partial charge in [-0.05, 0) is 50.5 Å². The van der Waals surface area contributed by atoms with Gasteiger partial charge in [-0.25, -0.2) is 14.4 Å². The van der Waals surface area contributed by atoms with E-state index in [2.05, 4.69) is 19.8 Å². The highest BCUT2D eigenvalue weighted by Gasteiger charge is 2.30. The number of hydrogen-bond acceptors (Lipinski definition) is 6. The van der Waals surface area contributed by atoms with Crippen molar-refractivity contribution in [3.63, 3.8) is 0 Å². The maximum atomic E-state index is 13.5. The highest BCUT2D eigenvalue weighted by Crippen LogP contribution is 2.33. The summed E-state index contributed by atoms with van der Waals surface area (Å²) in [6.07, 6.45) is 4.98. The topological polar surface area (TPSA) is 65.7 Å². The van der Waals surface area contributed by atoms with Crippen LogP contribution in [0.4, 0.5) is 15.9 Å². The van der Waals surface area contributed by atoms with Crippen LogP contribution in [0.2, 0.25) is 0 Å². The van der Waals surface area contributed by atoms with Gasteiger partial charge in [0.25, 0.3) is 5.91 Å². The van der Waals surface area contributed by atoms with Crippen LogP contribution in [0, 0.1) is 12.7 Å². The molecule has 2 aliphatic heterocycles. The minimum Gasteiger partial charge on any atom is -0.442 e. The molecule has 31 heavy (non-hydrogen) atoms. The number of halogens is 1. The van der Waals surface area contributed by atoms with Crippen LogP contribution in [0.25, 0.3) is 11.1 Å². The third kappa shape index (κ3) is 3.71. The summed E-state index contributed by atoms with van der Waals surface area (Å²) >= 11 is 0. The fraction of sp³-hybridized carbons (Fsp3) is 0.435. The molecular formula is C23H26FN5O2. The number of hydrogen-bond donors (Lipinski definition) is 0. The number of benzene rings is 1. The summed E-state index contributed by atoms with van der Waals surface area (Å²) in [5.41, 5.74) is 2.02. The van der Waals surface area contributed by atoms with Gasteiger partial charge in [-0.15, -0.1) is 0 Å². The summed E-state index contributed by atoms with van der Waals surface area (Å²) in [4.78, 5) is 28.6. The highest BCUT2D eigenvalue weighted by atomic mass is 19.1. The lowest BCUT2D eigenvalue weighted by Crippen LogP contribution is -2.49. The molecule has 8 heteroatoms.